The lowest BCUT2D eigenvalue weighted by molar-refractivity contribution is 0.423. The Morgan fingerprint density at radius 3 is 1.70 bits per heavy atom. The van der Waals surface area contributed by atoms with E-state index in [0.29, 0.717) is 6.10 Å². The van der Waals surface area contributed by atoms with Crippen LogP contribution in [0.15, 0.2) is 12.7 Å². The first-order valence-corrected chi connectivity index (χ1v) is 3.57. The number of rotatable bonds is 0. The molecule has 2 rings (SSSR count). The molecule has 0 N–H and O–H groups in total. The van der Waals surface area contributed by atoms with Crippen molar-refractivity contribution in [1.82, 2.24) is 0 Å². The third kappa shape index (κ3) is 25.4. The van der Waals surface area contributed by atoms with E-state index in [1.54, 1.807) is 6.08 Å². The normalized spacial score (nSPS) is 24.4. The van der Waals surface area contributed by atoms with E-state index in [0.717, 1.165) is 19.8 Å². The van der Waals surface area contributed by atoms with Crippen molar-refractivity contribution in [2.75, 3.05) is 19.8 Å². The molecular formula is C8H16O2. The van der Waals surface area contributed by atoms with Gasteiger partial charge in [-0.2, -0.15) is 0 Å². The molecule has 0 saturated carbocycles. The van der Waals surface area contributed by atoms with E-state index in [2.05, 4.69) is 18.2 Å². The van der Waals surface area contributed by atoms with Crippen molar-refractivity contribution >= 4 is 0 Å². The zero-order chi connectivity index (χ0) is 7.82. The van der Waals surface area contributed by atoms with Crippen LogP contribution in [0.2, 0.25) is 0 Å². The lowest BCUT2D eigenvalue weighted by Crippen LogP contribution is -1.60. The summed E-state index contributed by atoms with van der Waals surface area (Å²) < 4.78 is 9.21. The minimum Gasteiger partial charge on any atom is -0.377 e. The van der Waals surface area contributed by atoms with Crippen LogP contribution in [0.4, 0.5) is 0 Å². The smallest absolute Gasteiger partial charge is 0.0781 e. The second-order valence-electron chi connectivity index (χ2n) is 2.16. The van der Waals surface area contributed by atoms with Crippen LogP contribution in [0.1, 0.15) is 13.8 Å². The average Bonchev–Trinajstić information content (AvgIpc) is 2.63. The standard InChI is InChI=1S/C3H6O.C3H6.C2H4O/c1-3-2-4-3;1-3-2;1-2-3-1/h3H,2H2,1H3;3H,1H2,2H3;1-2H2. The third-order valence-electron chi connectivity index (χ3n) is 0.704. The fourth-order valence-corrected chi connectivity index (χ4v) is 0.0962. The van der Waals surface area contributed by atoms with E-state index in [1.165, 1.54) is 0 Å². The first kappa shape index (κ1) is 9.66. The van der Waals surface area contributed by atoms with Crippen LogP contribution >= 0.6 is 0 Å². The first-order valence-electron chi connectivity index (χ1n) is 3.57. The minimum absolute atomic E-state index is 0.583. The molecule has 0 amide bonds. The molecule has 60 valence electrons. The average molecular weight is 144 g/mol. The van der Waals surface area contributed by atoms with E-state index in [1.807, 2.05) is 6.92 Å². The summed E-state index contributed by atoms with van der Waals surface area (Å²) in [6.45, 7) is 10.3. The van der Waals surface area contributed by atoms with E-state index in [9.17, 15) is 0 Å². The maximum absolute atomic E-state index is 4.71. The van der Waals surface area contributed by atoms with Crippen molar-refractivity contribution in [3.63, 3.8) is 0 Å². The van der Waals surface area contributed by atoms with Gasteiger partial charge in [-0.1, -0.05) is 6.08 Å². The summed E-state index contributed by atoms with van der Waals surface area (Å²) in [4.78, 5) is 0. The molecular weight excluding hydrogens is 128 g/mol. The van der Waals surface area contributed by atoms with Crippen LogP contribution in [0.3, 0.4) is 0 Å². The molecule has 2 nitrogen and oxygen atoms in total. The van der Waals surface area contributed by atoms with Crippen molar-refractivity contribution in [3.05, 3.63) is 12.7 Å². The Bertz CT molecular complexity index is 72.6. The summed E-state index contributed by atoms with van der Waals surface area (Å²) in [5.74, 6) is 0. The molecule has 2 fully saturated rings. The van der Waals surface area contributed by atoms with Crippen LogP contribution in [-0.2, 0) is 9.47 Å². The Morgan fingerprint density at radius 2 is 1.70 bits per heavy atom. The summed E-state index contributed by atoms with van der Waals surface area (Å²) in [6, 6.07) is 0. The Morgan fingerprint density at radius 1 is 1.50 bits per heavy atom. The van der Waals surface area contributed by atoms with E-state index in [4.69, 9.17) is 4.74 Å². The quantitative estimate of drug-likeness (QED) is 0.381. The van der Waals surface area contributed by atoms with Gasteiger partial charge in [-0.15, -0.1) is 6.58 Å². The summed E-state index contributed by atoms with van der Waals surface area (Å²) in [5.41, 5.74) is 0. The molecule has 2 aliphatic heterocycles. The first-order chi connectivity index (χ1) is 4.81. The van der Waals surface area contributed by atoms with Gasteiger partial charge < -0.3 is 9.47 Å². The van der Waals surface area contributed by atoms with Crippen LogP contribution in [-0.4, -0.2) is 25.9 Å². The van der Waals surface area contributed by atoms with Crippen molar-refractivity contribution in [2.45, 2.75) is 20.0 Å². The molecule has 0 aromatic carbocycles. The van der Waals surface area contributed by atoms with Crippen LogP contribution in [0, 0.1) is 0 Å². The molecule has 2 heteroatoms. The minimum atomic E-state index is 0.583. The summed E-state index contributed by atoms with van der Waals surface area (Å²) in [5, 5.41) is 0. The van der Waals surface area contributed by atoms with E-state index >= 15 is 0 Å². The maximum atomic E-state index is 4.71. The molecule has 0 aromatic rings. The number of hydrogen-bond acceptors (Lipinski definition) is 2. The number of hydrogen-bond donors (Lipinski definition) is 0. The molecule has 0 aliphatic carbocycles. The van der Waals surface area contributed by atoms with E-state index in [-0.39, 0.29) is 0 Å². The van der Waals surface area contributed by atoms with E-state index < -0.39 is 0 Å². The van der Waals surface area contributed by atoms with Gasteiger partial charge in [0.25, 0.3) is 0 Å². The highest BCUT2D eigenvalue weighted by Crippen LogP contribution is 2.04. The lowest BCUT2D eigenvalue weighted by Gasteiger charge is -1.50. The zero-order valence-corrected chi connectivity index (χ0v) is 6.80. The molecule has 0 radical (unpaired) electrons. The van der Waals surface area contributed by atoms with Gasteiger partial charge in [-0.3, -0.25) is 0 Å². The molecule has 2 heterocycles. The van der Waals surface area contributed by atoms with Crippen molar-refractivity contribution < 1.29 is 9.47 Å². The van der Waals surface area contributed by atoms with Crippen molar-refractivity contribution in [2.24, 2.45) is 0 Å². The van der Waals surface area contributed by atoms with Gasteiger partial charge in [-0.05, 0) is 13.8 Å². The van der Waals surface area contributed by atoms with Crippen LogP contribution in [0.5, 0.6) is 0 Å². The van der Waals surface area contributed by atoms with Crippen LogP contribution < -0.4 is 0 Å². The predicted octanol–water partition coefficient (Wildman–Crippen LogP) is 1.61. The van der Waals surface area contributed by atoms with Crippen molar-refractivity contribution in [1.29, 1.82) is 0 Å². The van der Waals surface area contributed by atoms with Gasteiger partial charge >= 0.3 is 0 Å². The topological polar surface area (TPSA) is 25.1 Å². The molecule has 2 saturated heterocycles. The molecule has 0 bridgehead atoms. The highest BCUT2D eigenvalue weighted by molar-refractivity contribution is 4.58. The molecule has 10 heavy (non-hydrogen) atoms. The summed E-state index contributed by atoms with van der Waals surface area (Å²) in [6.07, 6.45) is 2.33. The van der Waals surface area contributed by atoms with Crippen LogP contribution in [0.25, 0.3) is 0 Å². The number of allylic oxidation sites excluding steroid dienone is 1. The third-order valence-corrected chi connectivity index (χ3v) is 0.704. The Kier molecular flexibility index (Phi) is 6.55. The molecule has 2 aliphatic rings. The highest BCUT2D eigenvalue weighted by Gasteiger charge is 2.13. The zero-order valence-electron chi connectivity index (χ0n) is 6.80. The molecule has 0 spiro atoms. The van der Waals surface area contributed by atoms with Crippen molar-refractivity contribution in [3.8, 4) is 0 Å². The largest absolute Gasteiger partial charge is 0.377 e. The predicted molar refractivity (Wildman–Crippen MR) is 42.1 cm³/mol. The van der Waals surface area contributed by atoms with Gasteiger partial charge in [0, 0.05) is 0 Å². The Hall–Kier alpha value is -0.340. The lowest BCUT2D eigenvalue weighted by atomic mass is 10.6. The monoisotopic (exact) mass is 144 g/mol. The highest BCUT2D eigenvalue weighted by atomic mass is 16.6. The molecule has 0 aromatic heterocycles. The van der Waals surface area contributed by atoms with Gasteiger partial charge in [0.1, 0.15) is 0 Å². The van der Waals surface area contributed by atoms with Gasteiger partial charge in [0.15, 0.2) is 0 Å². The summed E-state index contributed by atoms with van der Waals surface area (Å²) in [7, 11) is 0. The number of ether oxygens (including phenoxy) is 2. The fourth-order valence-electron chi connectivity index (χ4n) is 0.0962. The summed E-state index contributed by atoms with van der Waals surface area (Å²) >= 11 is 0. The number of epoxide rings is 2. The second kappa shape index (κ2) is 6.78. The second-order valence-corrected chi connectivity index (χ2v) is 2.16. The van der Waals surface area contributed by atoms with Gasteiger partial charge in [0.05, 0.1) is 25.9 Å². The maximum Gasteiger partial charge on any atom is 0.0781 e. The Labute approximate surface area is 62.8 Å². The molecule has 1 unspecified atom stereocenters. The SMILES string of the molecule is C1CO1.C=CC.CC1CO1. The Balaban J connectivity index is 0.000000124. The molecule has 1 atom stereocenters. The fraction of sp³-hybridized carbons (Fsp3) is 0.750. The van der Waals surface area contributed by atoms with Gasteiger partial charge in [0.2, 0.25) is 0 Å². The van der Waals surface area contributed by atoms with Gasteiger partial charge in [-0.25, -0.2) is 0 Å².